The standard InChI is InChI=1S/C12H16N4O4S/c1-6(10-15-7(5-21-10)11(18)19)14-12(20)16-4-2-3-8(16)9(13)17/h5-6,8H,2-4H2,1H3,(H2,13,17)(H,14,20)(H,18,19). The summed E-state index contributed by atoms with van der Waals surface area (Å²) < 4.78 is 0. The van der Waals surface area contributed by atoms with Crippen molar-refractivity contribution in [1.29, 1.82) is 0 Å². The molecule has 4 N–H and O–H groups in total. The number of aromatic nitrogens is 1. The molecule has 9 heteroatoms. The summed E-state index contributed by atoms with van der Waals surface area (Å²) in [5.41, 5.74) is 5.22. The van der Waals surface area contributed by atoms with Gasteiger partial charge in [-0.15, -0.1) is 11.3 Å². The molecule has 1 aromatic rings. The Bertz CT molecular complexity index is 573. The van der Waals surface area contributed by atoms with Gasteiger partial charge in [0.15, 0.2) is 5.69 Å². The number of nitrogens with zero attached hydrogens (tertiary/aromatic N) is 2. The van der Waals surface area contributed by atoms with Crippen molar-refractivity contribution in [2.24, 2.45) is 5.73 Å². The number of thiazole rings is 1. The van der Waals surface area contributed by atoms with Crippen LogP contribution in [0.15, 0.2) is 5.38 Å². The van der Waals surface area contributed by atoms with Gasteiger partial charge in [-0.2, -0.15) is 0 Å². The lowest BCUT2D eigenvalue weighted by Crippen LogP contribution is -2.48. The monoisotopic (exact) mass is 312 g/mol. The summed E-state index contributed by atoms with van der Waals surface area (Å²) in [5.74, 6) is -1.62. The molecule has 2 rings (SSSR count). The van der Waals surface area contributed by atoms with Gasteiger partial charge >= 0.3 is 12.0 Å². The quantitative estimate of drug-likeness (QED) is 0.749. The number of hydrogen-bond donors (Lipinski definition) is 3. The number of urea groups is 1. The molecule has 0 bridgehead atoms. The van der Waals surface area contributed by atoms with Gasteiger partial charge in [0.2, 0.25) is 5.91 Å². The van der Waals surface area contributed by atoms with Gasteiger partial charge in [0.1, 0.15) is 11.0 Å². The Kier molecular flexibility index (Phi) is 4.41. The van der Waals surface area contributed by atoms with E-state index in [0.717, 1.165) is 17.8 Å². The van der Waals surface area contributed by atoms with Crippen molar-refractivity contribution in [3.63, 3.8) is 0 Å². The van der Waals surface area contributed by atoms with Crippen molar-refractivity contribution in [2.75, 3.05) is 6.54 Å². The number of amides is 3. The Morgan fingerprint density at radius 3 is 2.86 bits per heavy atom. The van der Waals surface area contributed by atoms with Crippen LogP contribution in [0.1, 0.15) is 41.3 Å². The molecule has 1 aliphatic heterocycles. The molecular formula is C12H16N4O4S. The highest BCUT2D eigenvalue weighted by Crippen LogP contribution is 2.21. The molecule has 1 fully saturated rings. The van der Waals surface area contributed by atoms with Gasteiger partial charge in [0, 0.05) is 11.9 Å². The number of aromatic carboxylic acids is 1. The van der Waals surface area contributed by atoms with E-state index >= 15 is 0 Å². The third-order valence-electron chi connectivity index (χ3n) is 3.29. The van der Waals surface area contributed by atoms with E-state index in [2.05, 4.69) is 10.3 Å². The highest BCUT2D eigenvalue weighted by Gasteiger charge is 2.33. The van der Waals surface area contributed by atoms with Crippen LogP contribution in [0.5, 0.6) is 0 Å². The number of carboxylic acids is 1. The van der Waals surface area contributed by atoms with Crippen LogP contribution in [0.2, 0.25) is 0 Å². The average molecular weight is 312 g/mol. The minimum Gasteiger partial charge on any atom is -0.476 e. The first-order valence-corrected chi connectivity index (χ1v) is 7.33. The molecular weight excluding hydrogens is 296 g/mol. The second kappa shape index (κ2) is 6.08. The topological polar surface area (TPSA) is 126 Å². The molecule has 2 unspecified atom stereocenters. The Labute approximate surface area is 124 Å². The summed E-state index contributed by atoms with van der Waals surface area (Å²) in [6.45, 7) is 2.18. The zero-order valence-electron chi connectivity index (χ0n) is 11.4. The number of primary amides is 1. The summed E-state index contributed by atoms with van der Waals surface area (Å²) in [6, 6.07) is -1.41. The molecule has 0 saturated carbocycles. The molecule has 1 aromatic heterocycles. The maximum atomic E-state index is 12.2. The van der Waals surface area contributed by atoms with E-state index in [1.165, 1.54) is 10.3 Å². The molecule has 3 amide bonds. The van der Waals surface area contributed by atoms with Gasteiger partial charge in [-0.05, 0) is 19.8 Å². The zero-order chi connectivity index (χ0) is 15.6. The van der Waals surface area contributed by atoms with Crippen molar-refractivity contribution < 1.29 is 19.5 Å². The van der Waals surface area contributed by atoms with E-state index in [0.29, 0.717) is 18.0 Å². The molecule has 114 valence electrons. The third-order valence-corrected chi connectivity index (χ3v) is 4.32. The number of hydrogen-bond acceptors (Lipinski definition) is 5. The van der Waals surface area contributed by atoms with Crippen LogP contribution in [0.25, 0.3) is 0 Å². The fourth-order valence-electron chi connectivity index (χ4n) is 2.22. The van der Waals surface area contributed by atoms with Crippen LogP contribution in [0.4, 0.5) is 4.79 Å². The lowest BCUT2D eigenvalue weighted by atomic mass is 10.2. The van der Waals surface area contributed by atoms with Crippen LogP contribution in [0.3, 0.4) is 0 Å². The van der Waals surface area contributed by atoms with Crippen LogP contribution in [0, 0.1) is 0 Å². The summed E-state index contributed by atoms with van der Waals surface area (Å²) in [5, 5.41) is 13.5. The predicted octanol–water partition coefficient (Wildman–Crippen LogP) is 0.562. The lowest BCUT2D eigenvalue weighted by Gasteiger charge is -2.24. The van der Waals surface area contributed by atoms with E-state index in [-0.39, 0.29) is 5.69 Å². The van der Waals surface area contributed by atoms with E-state index in [9.17, 15) is 14.4 Å². The van der Waals surface area contributed by atoms with Crippen molar-refractivity contribution >= 4 is 29.2 Å². The summed E-state index contributed by atoms with van der Waals surface area (Å²) in [4.78, 5) is 39.6. The first-order chi connectivity index (χ1) is 9.90. The largest absolute Gasteiger partial charge is 0.476 e. The highest BCUT2D eigenvalue weighted by atomic mass is 32.1. The molecule has 2 atom stereocenters. The minimum absolute atomic E-state index is 0.0488. The minimum atomic E-state index is -1.11. The average Bonchev–Trinajstić information content (AvgIpc) is 3.07. The van der Waals surface area contributed by atoms with Crippen molar-refractivity contribution in [3.05, 3.63) is 16.1 Å². The maximum Gasteiger partial charge on any atom is 0.355 e. The Morgan fingerprint density at radius 2 is 2.29 bits per heavy atom. The second-order valence-corrected chi connectivity index (χ2v) is 5.69. The number of likely N-dealkylation sites (tertiary alicyclic amines) is 1. The molecule has 8 nitrogen and oxygen atoms in total. The van der Waals surface area contributed by atoms with Crippen LogP contribution >= 0.6 is 11.3 Å². The molecule has 0 aliphatic carbocycles. The van der Waals surface area contributed by atoms with Gasteiger partial charge in [0.05, 0.1) is 6.04 Å². The smallest absolute Gasteiger partial charge is 0.355 e. The molecule has 21 heavy (non-hydrogen) atoms. The number of carbonyl (C=O) groups excluding carboxylic acids is 2. The SMILES string of the molecule is CC(NC(=O)N1CCCC1C(N)=O)c1nc(C(=O)O)cs1. The summed E-state index contributed by atoms with van der Waals surface area (Å²) >= 11 is 1.16. The molecule has 1 aliphatic rings. The second-order valence-electron chi connectivity index (χ2n) is 4.80. The Balaban J connectivity index is 2.01. The third kappa shape index (κ3) is 3.30. The van der Waals surface area contributed by atoms with Gasteiger partial charge in [-0.1, -0.05) is 0 Å². The van der Waals surface area contributed by atoms with Gasteiger partial charge in [-0.3, -0.25) is 4.79 Å². The number of nitrogens with two attached hydrogens (primary N) is 1. The molecule has 0 radical (unpaired) electrons. The zero-order valence-corrected chi connectivity index (χ0v) is 12.2. The van der Waals surface area contributed by atoms with E-state index in [1.54, 1.807) is 6.92 Å². The maximum absolute atomic E-state index is 12.2. The first kappa shape index (κ1) is 15.2. The van der Waals surface area contributed by atoms with E-state index in [4.69, 9.17) is 10.8 Å². The van der Waals surface area contributed by atoms with Crippen LogP contribution in [-0.4, -0.2) is 45.5 Å². The van der Waals surface area contributed by atoms with E-state index in [1.807, 2.05) is 0 Å². The normalized spacial score (nSPS) is 19.3. The fourth-order valence-corrected chi connectivity index (χ4v) is 3.02. The number of carboxylic acid groups (broad SMARTS) is 1. The summed E-state index contributed by atoms with van der Waals surface area (Å²) in [7, 11) is 0. The van der Waals surface area contributed by atoms with Gasteiger partial charge < -0.3 is 21.1 Å². The molecule has 2 heterocycles. The van der Waals surface area contributed by atoms with Crippen molar-refractivity contribution in [3.8, 4) is 0 Å². The van der Waals surface area contributed by atoms with Crippen LogP contribution in [-0.2, 0) is 4.79 Å². The van der Waals surface area contributed by atoms with Crippen molar-refractivity contribution in [2.45, 2.75) is 31.8 Å². The number of carbonyl (C=O) groups is 3. The number of nitrogens with one attached hydrogen (secondary N) is 1. The van der Waals surface area contributed by atoms with Gasteiger partial charge in [0.25, 0.3) is 0 Å². The molecule has 0 aromatic carbocycles. The Hall–Kier alpha value is -2.16. The van der Waals surface area contributed by atoms with Gasteiger partial charge in [-0.25, -0.2) is 14.6 Å². The Morgan fingerprint density at radius 1 is 1.57 bits per heavy atom. The highest BCUT2D eigenvalue weighted by molar-refractivity contribution is 7.09. The molecule has 1 saturated heterocycles. The van der Waals surface area contributed by atoms with Crippen molar-refractivity contribution in [1.82, 2.24) is 15.2 Å². The van der Waals surface area contributed by atoms with Crippen LogP contribution < -0.4 is 11.1 Å². The first-order valence-electron chi connectivity index (χ1n) is 6.45. The fraction of sp³-hybridized carbons (Fsp3) is 0.500. The van der Waals surface area contributed by atoms with E-state index < -0.39 is 30.0 Å². The lowest BCUT2D eigenvalue weighted by molar-refractivity contribution is -0.121. The predicted molar refractivity (Wildman–Crippen MR) is 74.9 cm³/mol. The summed E-state index contributed by atoms with van der Waals surface area (Å²) in [6.07, 6.45) is 1.30. The number of rotatable bonds is 4. The molecule has 0 spiro atoms.